The normalized spacial score (nSPS) is 17.1. The lowest BCUT2D eigenvalue weighted by atomic mass is 9.80. The summed E-state index contributed by atoms with van der Waals surface area (Å²) in [5.74, 6) is 1.36. The van der Waals surface area contributed by atoms with E-state index in [1.807, 2.05) is 115 Å². The van der Waals surface area contributed by atoms with Gasteiger partial charge >= 0.3 is 13.9 Å². The minimum Gasteiger partial charge on any atom is -0.497 e. The second-order valence-corrected chi connectivity index (χ2v) is 19.9. The molecule has 304 valence electrons. The lowest BCUT2D eigenvalue weighted by molar-refractivity contribution is -0.0920. The number of aromatic nitrogens is 2. The zero-order chi connectivity index (χ0) is 41.4. The predicted molar refractivity (Wildman–Crippen MR) is 230 cm³/mol. The minimum absolute atomic E-state index is 0.0542. The Hall–Kier alpha value is -5.46. The lowest BCUT2D eigenvalue weighted by Crippen LogP contribution is -2.56. The zero-order valence-electron chi connectivity index (χ0n) is 33.5. The van der Waals surface area contributed by atoms with Crippen molar-refractivity contribution in [3.05, 3.63) is 189 Å². The average Bonchev–Trinajstić information content (AvgIpc) is 3.68. The van der Waals surface area contributed by atoms with Gasteiger partial charge in [-0.2, -0.15) is 0 Å². The van der Waals surface area contributed by atoms with Crippen LogP contribution in [0.1, 0.15) is 34.9 Å². The molecule has 1 aliphatic heterocycles. The van der Waals surface area contributed by atoms with Gasteiger partial charge in [0.15, 0.2) is 0 Å². The van der Waals surface area contributed by atoms with E-state index >= 15 is 0 Å². The van der Waals surface area contributed by atoms with Gasteiger partial charge in [0.2, 0.25) is 0 Å². The van der Waals surface area contributed by atoms with Crippen molar-refractivity contribution in [3.63, 3.8) is 0 Å². The minimum atomic E-state index is -2.63. The highest BCUT2D eigenvalue weighted by Crippen LogP contribution is 2.44. The summed E-state index contributed by atoms with van der Waals surface area (Å²) in [6.07, 6.45) is -0.915. The third-order valence-corrected chi connectivity index (χ3v) is 16.4. The van der Waals surface area contributed by atoms with Crippen LogP contribution in [0.3, 0.4) is 0 Å². The molecule has 0 amide bonds. The fourth-order valence-corrected chi connectivity index (χ4v) is 11.9. The van der Waals surface area contributed by atoms with Gasteiger partial charge in [-0.1, -0.05) is 132 Å². The van der Waals surface area contributed by atoms with Crippen molar-refractivity contribution in [2.24, 2.45) is 0 Å². The second kappa shape index (κ2) is 18.6. The van der Waals surface area contributed by atoms with Crippen LogP contribution in [0, 0.1) is 6.92 Å². The Labute approximate surface area is 345 Å². The average molecular weight is 832 g/mol. The number of aryl methyl sites for hydroxylation is 1. The van der Waals surface area contributed by atoms with Crippen LogP contribution in [-0.4, -0.2) is 57.3 Å². The molecule has 6 aromatic rings. The van der Waals surface area contributed by atoms with Crippen LogP contribution in [-0.2, 0) is 28.7 Å². The highest BCUT2D eigenvalue weighted by atomic mass is 31.1. The Bertz CT molecular complexity index is 2340. The molecule has 0 saturated carbocycles. The van der Waals surface area contributed by atoms with Gasteiger partial charge in [-0.3, -0.25) is 14.3 Å². The Morgan fingerprint density at radius 2 is 1.27 bits per heavy atom. The van der Waals surface area contributed by atoms with Crippen molar-refractivity contribution in [2.75, 3.05) is 27.4 Å². The van der Waals surface area contributed by atoms with E-state index in [1.165, 1.54) is 21.1 Å². The molecule has 1 saturated heterocycles. The first-order chi connectivity index (χ1) is 28.6. The summed E-state index contributed by atoms with van der Waals surface area (Å²) >= 11 is 0. The number of ether oxygens (including phenoxy) is 4. The number of nitrogens with one attached hydrogen (secondary N) is 1. The predicted octanol–water partition coefficient (Wildman–Crippen LogP) is 7.11. The molecule has 0 bridgehead atoms. The molecule has 2 heterocycles. The quantitative estimate of drug-likeness (QED) is 0.0582. The second-order valence-electron chi connectivity index (χ2n) is 14.7. The number of H-pyrrole nitrogens is 1. The van der Waals surface area contributed by atoms with E-state index in [2.05, 4.69) is 35.8 Å². The number of benzene rings is 5. The number of nitrogens with zero attached hydrogens (tertiary/aromatic N) is 1. The van der Waals surface area contributed by atoms with Crippen molar-refractivity contribution >= 4 is 26.7 Å². The molecule has 1 aromatic heterocycles. The Morgan fingerprint density at radius 1 is 0.763 bits per heavy atom. The summed E-state index contributed by atoms with van der Waals surface area (Å²) in [6.45, 7) is 4.04. The van der Waals surface area contributed by atoms with Crippen molar-refractivity contribution in [3.8, 4) is 11.5 Å². The number of aromatic amines is 1. The molecule has 1 aliphatic rings. The highest BCUT2D eigenvalue weighted by Gasteiger charge is 2.47. The molecule has 11 nitrogen and oxygen atoms in total. The van der Waals surface area contributed by atoms with Gasteiger partial charge in [0.25, 0.3) is 5.56 Å². The fraction of sp³-hybridized carbons (Fsp3) is 0.261. The van der Waals surface area contributed by atoms with Crippen LogP contribution in [0.4, 0.5) is 0 Å². The fourth-order valence-electron chi connectivity index (χ4n) is 7.75. The molecule has 59 heavy (non-hydrogen) atoms. The van der Waals surface area contributed by atoms with E-state index in [0.29, 0.717) is 23.1 Å². The third-order valence-electron chi connectivity index (χ3n) is 11.1. The monoisotopic (exact) mass is 831 g/mol. The van der Waals surface area contributed by atoms with Crippen LogP contribution in [0.25, 0.3) is 0 Å². The third kappa shape index (κ3) is 9.08. The van der Waals surface area contributed by atoms with E-state index in [9.17, 15) is 14.2 Å². The van der Waals surface area contributed by atoms with E-state index in [0.717, 1.165) is 16.7 Å². The molecule has 5 aromatic carbocycles. The van der Waals surface area contributed by atoms with Crippen LogP contribution in [0.15, 0.2) is 155 Å². The van der Waals surface area contributed by atoms with E-state index < -0.39 is 51.6 Å². The summed E-state index contributed by atoms with van der Waals surface area (Å²) in [4.78, 5) is 27.8. The Kier molecular flexibility index (Phi) is 13.2. The maximum atomic E-state index is 13.8. The molecule has 0 spiro atoms. The molecule has 1 fully saturated rings. The van der Waals surface area contributed by atoms with Crippen molar-refractivity contribution in [1.82, 2.24) is 9.55 Å². The summed E-state index contributed by atoms with van der Waals surface area (Å²) < 4.78 is 52.0. The number of rotatable bonds is 17. The number of methoxy groups -OCH3 is 2. The first-order valence-corrected chi connectivity index (χ1v) is 23.3. The topological polar surface area (TPSA) is 127 Å². The van der Waals surface area contributed by atoms with Crippen LogP contribution >= 0.6 is 8.25 Å². The molecule has 1 unspecified atom stereocenters. The van der Waals surface area contributed by atoms with Gasteiger partial charge < -0.3 is 18.9 Å². The Balaban J connectivity index is 1.19. The number of hydrogen-bond donors (Lipinski definition) is 1. The molecule has 0 radical (unpaired) electrons. The van der Waals surface area contributed by atoms with Gasteiger partial charge in [0, 0.05) is 22.7 Å². The van der Waals surface area contributed by atoms with Gasteiger partial charge in [0.05, 0.1) is 20.8 Å². The zero-order valence-corrected chi connectivity index (χ0v) is 35.4. The van der Waals surface area contributed by atoms with Gasteiger partial charge in [0.1, 0.15) is 50.2 Å². The smallest absolute Gasteiger partial charge is 0.497 e. The van der Waals surface area contributed by atoms with Gasteiger partial charge in [-0.05, 0) is 53.9 Å². The molecule has 1 N–H and O–H groups in total. The molecule has 13 heteroatoms. The molecule has 7 rings (SSSR count). The molecule has 0 aliphatic carbocycles. The summed E-state index contributed by atoms with van der Waals surface area (Å²) in [6, 6.07) is 46.6. The number of hydrogen-bond acceptors (Lipinski definition) is 9. The largest absolute Gasteiger partial charge is 0.697 e. The molecular weight excluding hydrogens is 784 g/mol. The van der Waals surface area contributed by atoms with Crippen LogP contribution in [0.5, 0.6) is 11.5 Å². The summed E-state index contributed by atoms with van der Waals surface area (Å²) in [5.41, 5.74) is 0.508. The SMILES string of the molecule is COc1ccc(C(OC[C@H]2O[C@@H](n3cc(C)c(=O)[nH]c3=O)C[C@@H]2O[P+](=O)OCC[Si](C)(c2ccccc2)c2ccccc2)(c2ccccc2)c2ccc(OC)cc2)cc1. The van der Waals surface area contributed by atoms with E-state index in [-0.39, 0.29) is 19.6 Å². The van der Waals surface area contributed by atoms with Crippen molar-refractivity contribution in [2.45, 2.75) is 50.0 Å². The molecule has 4 atom stereocenters. The van der Waals surface area contributed by atoms with Crippen molar-refractivity contribution < 1.29 is 32.6 Å². The maximum Gasteiger partial charge on any atom is 0.697 e. The summed E-state index contributed by atoms with van der Waals surface area (Å²) in [7, 11) is -1.68. The molecular formula is C46H48N2O9PSi+. The van der Waals surface area contributed by atoms with E-state index in [1.54, 1.807) is 21.1 Å². The first kappa shape index (κ1) is 41.7. The summed E-state index contributed by atoms with van der Waals surface area (Å²) in [5, 5.41) is 2.49. The maximum absolute atomic E-state index is 13.8. The standard InChI is InChI=1S/C46H47N2O9PSi/c1-33-31-48(45(50)47-44(33)49)43-30-41(57-58(51)55-28-29-59(4,39-16-10-6-11-17-39)40-18-12-7-13-19-40)42(56-43)32-54-46(34-14-8-5-9-15-34,35-20-24-37(52-2)25-21-35)36-22-26-38(53-3)27-23-36/h5-27,31,41-43H,28-30,32H2,1-4H3/p+1/t41-,42+,43+/m0/s1. The first-order valence-electron chi connectivity index (χ1n) is 19.5. The van der Waals surface area contributed by atoms with Crippen LogP contribution < -0.4 is 31.1 Å². The lowest BCUT2D eigenvalue weighted by Gasteiger charge is -2.37. The van der Waals surface area contributed by atoms with E-state index in [4.69, 9.17) is 28.0 Å². The van der Waals surface area contributed by atoms with Crippen LogP contribution in [0.2, 0.25) is 12.6 Å². The van der Waals surface area contributed by atoms with Crippen molar-refractivity contribution in [1.29, 1.82) is 0 Å². The Morgan fingerprint density at radius 3 is 1.80 bits per heavy atom. The van der Waals surface area contributed by atoms with Gasteiger partial charge in [-0.25, -0.2) is 4.79 Å². The highest BCUT2D eigenvalue weighted by molar-refractivity contribution is 7.33. The van der Waals surface area contributed by atoms with Gasteiger partial charge in [-0.15, -0.1) is 9.05 Å².